The van der Waals surface area contributed by atoms with Crippen molar-refractivity contribution in [2.75, 3.05) is 6.54 Å². The largest absolute Gasteiger partial charge is 0.457 e. The molecule has 4 nitrogen and oxygen atoms in total. The van der Waals surface area contributed by atoms with E-state index in [1.807, 2.05) is 12.1 Å². The Bertz CT molecular complexity index is 870. The number of nitriles is 1. The van der Waals surface area contributed by atoms with E-state index in [2.05, 4.69) is 0 Å². The maximum Gasteiger partial charge on any atom is 0.416 e. The lowest BCUT2D eigenvalue weighted by Crippen LogP contribution is -2.35. The van der Waals surface area contributed by atoms with Crippen molar-refractivity contribution in [2.24, 2.45) is 0 Å². The van der Waals surface area contributed by atoms with Crippen molar-refractivity contribution in [3.05, 3.63) is 59.2 Å². The summed E-state index contributed by atoms with van der Waals surface area (Å²) < 4.78 is 43.8. The highest BCUT2D eigenvalue weighted by atomic mass is 19.4. The summed E-state index contributed by atoms with van der Waals surface area (Å²) >= 11 is 0. The summed E-state index contributed by atoms with van der Waals surface area (Å²) in [6.45, 7) is 0.953. The summed E-state index contributed by atoms with van der Waals surface area (Å²) in [6, 6.07) is 12.0. The van der Waals surface area contributed by atoms with Gasteiger partial charge in [0.2, 0.25) is 5.91 Å². The second kappa shape index (κ2) is 7.70. The molecule has 0 N–H and O–H groups in total. The van der Waals surface area contributed by atoms with Gasteiger partial charge in [-0.1, -0.05) is 12.1 Å². The molecule has 1 aliphatic heterocycles. The molecule has 27 heavy (non-hydrogen) atoms. The summed E-state index contributed by atoms with van der Waals surface area (Å²) in [7, 11) is 0. The van der Waals surface area contributed by atoms with E-state index in [0.29, 0.717) is 31.0 Å². The van der Waals surface area contributed by atoms with Crippen molar-refractivity contribution >= 4 is 5.91 Å². The molecule has 2 aromatic rings. The molecule has 1 amide bonds. The molecule has 0 aliphatic carbocycles. The summed E-state index contributed by atoms with van der Waals surface area (Å²) in [5.41, 5.74) is 1.16. The maximum absolute atomic E-state index is 12.7. The lowest BCUT2D eigenvalue weighted by atomic mass is 9.98. The molecule has 1 heterocycles. The molecule has 140 valence electrons. The SMILES string of the molecule is N#CCCC(=O)N1CCc2c(cccc2Oc2ccc(C(F)(F)F)cc2)C1. The van der Waals surface area contributed by atoms with Gasteiger partial charge < -0.3 is 9.64 Å². The highest BCUT2D eigenvalue weighted by Crippen LogP contribution is 2.34. The molecule has 0 aromatic heterocycles. The van der Waals surface area contributed by atoms with Crippen LogP contribution in [-0.2, 0) is 23.9 Å². The van der Waals surface area contributed by atoms with Crippen molar-refractivity contribution < 1.29 is 22.7 Å². The van der Waals surface area contributed by atoms with Crippen LogP contribution in [0.3, 0.4) is 0 Å². The Kier molecular flexibility index (Phi) is 5.36. The number of carbonyl (C=O) groups is 1. The van der Waals surface area contributed by atoms with E-state index in [0.717, 1.165) is 23.3 Å². The van der Waals surface area contributed by atoms with Crippen LogP contribution < -0.4 is 4.74 Å². The highest BCUT2D eigenvalue weighted by molar-refractivity contribution is 5.76. The topological polar surface area (TPSA) is 53.3 Å². The summed E-state index contributed by atoms with van der Waals surface area (Å²) in [5, 5.41) is 8.61. The van der Waals surface area contributed by atoms with E-state index in [1.165, 1.54) is 12.1 Å². The first-order valence-electron chi connectivity index (χ1n) is 8.49. The highest BCUT2D eigenvalue weighted by Gasteiger charge is 2.30. The minimum absolute atomic E-state index is 0.0590. The van der Waals surface area contributed by atoms with Crippen LogP contribution in [0.2, 0.25) is 0 Å². The number of fused-ring (bicyclic) bond motifs is 1. The average molecular weight is 374 g/mol. The zero-order valence-electron chi connectivity index (χ0n) is 14.4. The number of nitrogens with zero attached hydrogens (tertiary/aromatic N) is 2. The number of halogens is 3. The van der Waals surface area contributed by atoms with E-state index in [1.54, 1.807) is 17.0 Å². The van der Waals surface area contributed by atoms with Crippen molar-refractivity contribution in [1.82, 2.24) is 4.90 Å². The molecule has 0 unspecified atom stereocenters. The normalized spacial score (nSPS) is 13.6. The second-order valence-corrected chi connectivity index (χ2v) is 6.24. The number of carbonyl (C=O) groups excluding carboxylic acids is 1. The quantitative estimate of drug-likeness (QED) is 0.780. The van der Waals surface area contributed by atoms with Gasteiger partial charge in [-0.3, -0.25) is 4.79 Å². The third-order valence-electron chi connectivity index (χ3n) is 4.44. The van der Waals surface area contributed by atoms with Crippen LogP contribution in [0.25, 0.3) is 0 Å². The van der Waals surface area contributed by atoms with Crippen LogP contribution >= 0.6 is 0 Å². The molecule has 0 bridgehead atoms. The first-order chi connectivity index (χ1) is 12.9. The zero-order chi connectivity index (χ0) is 19.4. The lowest BCUT2D eigenvalue weighted by molar-refractivity contribution is -0.137. The molecule has 7 heteroatoms. The standard InChI is InChI=1S/C20H17F3N2O2/c21-20(22,23)15-6-8-16(9-7-15)27-18-4-1-3-14-13-25(12-10-17(14)18)19(26)5-2-11-24/h1,3-4,6-9H,2,5,10,12-13H2. The van der Waals surface area contributed by atoms with Crippen LogP contribution in [0.4, 0.5) is 13.2 Å². The molecule has 0 spiro atoms. The molecule has 0 fully saturated rings. The van der Waals surface area contributed by atoms with E-state index in [9.17, 15) is 18.0 Å². The fraction of sp³-hybridized carbons (Fsp3) is 0.300. The van der Waals surface area contributed by atoms with Crippen molar-refractivity contribution in [3.8, 4) is 17.6 Å². The Labute approximate surface area is 154 Å². The second-order valence-electron chi connectivity index (χ2n) is 6.24. The smallest absolute Gasteiger partial charge is 0.416 e. The van der Waals surface area contributed by atoms with Crippen molar-refractivity contribution in [1.29, 1.82) is 5.26 Å². The Balaban J connectivity index is 1.74. The van der Waals surface area contributed by atoms with Gasteiger partial charge in [0, 0.05) is 31.5 Å². The lowest BCUT2D eigenvalue weighted by Gasteiger charge is -2.30. The fourth-order valence-corrected chi connectivity index (χ4v) is 3.04. The maximum atomic E-state index is 12.7. The summed E-state index contributed by atoms with van der Waals surface area (Å²) in [5.74, 6) is 0.844. The van der Waals surface area contributed by atoms with Crippen LogP contribution in [0.5, 0.6) is 11.5 Å². The Hall–Kier alpha value is -3.01. The van der Waals surface area contributed by atoms with Gasteiger partial charge in [0.15, 0.2) is 0 Å². The number of ether oxygens (including phenoxy) is 1. The molecule has 0 saturated heterocycles. The number of hydrogen-bond donors (Lipinski definition) is 0. The van der Waals surface area contributed by atoms with Crippen LogP contribution in [0.15, 0.2) is 42.5 Å². The van der Waals surface area contributed by atoms with Gasteiger partial charge in [-0.15, -0.1) is 0 Å². The molecular weight excluding hydrogens is 357 g/mol. The number of hydrogen-bond acceptors (Lipinski definition) is 3. The molecule has 3 rings (SSSR count). The van der Waals surface area contributed by atoms with E-state index < -0.39 is 11.7 Å². The van der Waals surface area contributed by atoms with Crippen LogP contribution in [0.1, 0.15) is 29.5 Å². The molecule has 0 saturated carbocycles. The minimum atomic E-state index is -4.38. The Morgan fingerprint density at radius 1 is 1.19 bits per heavy atom. The number of rotatable bonds is 4. The summed E-state index contributed by atoms with van der Waals surface area (Å²) in [6.07, 6.45) is -3.40. The molecule has 0 radical (unpaired) electrons. The number of alkyl halides is 3. The van der Waals surface area contributed by atoms with Gasteiger partial charge in [0.05, 0.1) is 11.6 Å². The van der Waals surface area contributed by atoms with Gasteiger partial charge in [-0.2, -0.15) is 18.4 Å². The molecule has 1 aliphatic rings. The first-order valence-corrected chi connectivity index (χ1v) is 8.49. The molecular formula is C20H17F3N2O2. The predicted molar refractivity (Wildman–Crippen MR) is 91.9 cm³/mol. The van der Waals surface area contributed by atoms with E-state index in [4.69, 9.17) is 10.00 Å². The minimum Gasteiger partial charge on any atom is -0.457 e. The van der Waals surface area contributed by atoms with Gasteiger partial charge >= 0.3 is 6.18 Å². The van der Waals surface area contributed by atoms with Gasteiger partial charge in [-0.05, 0) is 42.3 Å². The number of amides is 1. The third-order valence-corrected chi connectivity index (χ3v) is 4.44. The van der Waals surface area contributed by atoms with Crippen LogP contribution in [0, 0.1) is 11.3 Å². The Morgan fingerprint density at radius 2 is 1.93 bits per heavy atom. The van der Waals surface area contributed by atoms with Crippen LogP contribution in [-0.4, -0.2) is 17.4 Å². The molecule has 2 aromatic carbocycles. The average Bonchev–Trinajstić information content (AvgIpc) is 2.65. The zero-order valence-corrected chi connectivity index (χ0v) is 14.4. The summed E-state index contributed by atoms with van der Waals surface area (Å²) in [4.78, 5) is 13.8. The Morgan fingerprint density at radius 3 is 2.59 bits per heavy atom. The van der Waals surface area contributed by atoms with Crippen molar-refractivity contribution in [3.63, 3.8) is 0 Å². The monoisotopic (exact) mass is 374 g/mol. The predicted octanol–water partition coefficient (Wildman–Crippen LogP) is 4.69. The van der Waals surface area contributed by atoms with Gasteiger partial charge in [0.25, 0.3) is 0 Å². The van der Waals surface area contributed by atoms with Gasteiger partial charge in [-0.25, -0.2) is 0 Å². The third kappa shape index (κ3) is 4.40. The fourth-order valence-electron chi connectivity index (χ4n) is 3.04. The van der Waals surface area contributed by atoms with E-state index >= 15 is 0 Å². The molecule has 0 atom stereocenters. The van der Waals surface area contributed by atoms with Gasteiger partial charge in [0.1, 0.15) is 11.5 Å². The van der Waals surface area contributed by atoms with Crippen molar-refractivity contribution in [2.45, 2.75) is 32.0 Å². The number of benzene rings is 2. The first kappa shape index (κ1) is 18.8. The van der Waals surface area contributed by atoms with E-state index in [-0.39, 0.29) is 18.7 Å².